The minimum Gasteiger partial charge on any atom is -0.507 e. The summed E-state index contributed by atoms with van der Waals surface area (Å²) in [6.45, 7) is 5.43. The lowest BCUT2D eigenvalue weighted by molar-refractivity contribution is -0.139. The van der Waals surface area contributed by atoms with Crippen molar-refractivity contribution in [2.24, 2.45) is 0 Å². The summed E-state index contributed by atoms with van der Waals surface area (Å²) in [6.07, 6.45) is 0.435. The maximum absolute atomic E-state index is 10.7. The number of rotatable bonds is 7. The summed E-state index contributed by atoms with van der Waals surface area (Å²) >= 11 is 12.7. The lowest BCUT2D eigenvalue weighted by atomic mass is 9.96. The summed E-state index contributed by atoms with van der Waals surface area (Å²) in [5.74, 6) is -0.620. The molecule has 0 aliphatic rings. The summed E-state index contributed by atoms with van der Waals surface area (Å²) in [7, 11) is 0. The monoisotopic (exact) mass is 442 g/mol. The third-order valence-electron chi connectivity index (χ3n) is 4.59. The number of carboxylic acids is 1. The van der Waals surface area contributed by atoms with Crippen molar-refractivity contribution in [1.29, 1.82) is 0 Å². The van der Waals surface area contributed by atoms with Gasteiger partial charge in [0.2, 0.25) is 0 Å². The van der Waals surface area contributed by atoms with Crippen LogP contribution in [0.15, 0.2) is 61.2 Å². The van der Waals surface area contributed by atoms with Gasteiger partial charge < -0.3 is 14.9 Å². The highest BCUT2D eigenvalue weighted by Gasteiger charge is 2.13. The van der Waals surface area contributed by atoms with E-state index in [0.717, 1.165) is 22.3 Å². The molecule has 0 bridgehead atoms. The Labute approximate surface area is 185 Å². The third kappa shape index (κ3) is 5.15. The number of carbonyl (C=O) groups is 1. The van der Waals surface area contributed by atoms with Crippen molar-refractivity contribution in [3.05, 3.63) is 87.9 Å². The predicted molar refractivity (Wildman–Crippen MR) is 121 cm³/mol. The van der Waals surface area contributed by atoms with E-state index in [4.69, 9.17) is 33.0 Å². The number of allylic oxidation sites excluding steroid dienone is 1. The van der Waals surface area contributed by atoms with E-state index >= 15 is 0 Å². The van der Waals surface area contributed by atoms with Gasteiger partial charge in [0.15, 0.2) is 6.61 Å². The molecule has 0 radical (unpaired) electrons. The summed E-state index contributed by atoms with van der Waals surface area (Å²) < 4.78 is 5.15. The Bertz CT molecular complexity index is 1100. The molecule has 30 heavy (non-hydrogen) atoms. The van der Waals surface area contributed by atoms with Crippen molar-refractivity contribution in [2.75, 3.05) is 6.61 Å². The largest absolute Gasteiger partial charge is 0.507 e. The van der Waals surface area contributed by atoms with Crippen LogP contribution in [0.2, 0.25) is 10.0 Å². The van der Waals surface area contributed by atoms with Crippen LogP contribution in [0.3, 0.4) is 0 Å². The van der Waals surface area contributed by atoms with E-state index in [-0.39, 0.29) is 5.75 Å². The SMILES string of the molecule is C=C(C)c1cccc(-c2cc(Cc3c(Cl)cc(OCC(=O)O)cc3Cl)ccc2O)c1. The molecule has 2 N–H and O–H groups in total. The molecule has 3 aromatic carbocycles. The van der Waals surface area contributed by atoms with Gasteiger partial charge >= 0.3 is 5.97 Å². The standard InChI is InChI=1S/C24H20Cl2O4/c1-14(2)16-4-3-5-17(10-16)19-8-15(6-7-23(19)27)9-20-21(25)11-18(12-22(20)26)30-13-24(28)29/h3-8,10-12,27H,1,9,13H2,2H3,(H,28,29). The Hall–Kier alpha value is -2.95. The first kappa shape index (κ1) is 21.8. The van der Waals surface area contributed by atoms with Gasteiger partial charge in [-0.1, -0.05) is 59.6 Å². The van der Waals surface area contributed by atoms with Crippen LogP contribution in [0, 0.1) is 0 Å². The minimum atomic E-state index is -1.08. The van der Waals surface area contributed by atoms with Crippen molar-refractivity contribution in [1.82, 2.24) is 0 Å². The molecule has 0 amide bonds. The normalized spacial score (nSPS) is 10.6. The summed E-state index contributed by atoms with van der Waals surface area (Å²) in [4.78, 5) is 10.7. The molecule has 4 nitrogen and oxygen atoms in total. The molecule has 3 rings (SSSR count). The predicted octanol–water partition coefficient (Wildman–Crippen LogP) is 6.45. The second kappa shape index (κ2) is 9.24. The number of hydrogen-bond acceptors (Lipinski definition) is 3. The Morgan fingerprint density at radius 1 is 1.07 bits per heavy atom. The summed E-state index contributed by atoms with van der Waals surface area (Å²) in [5.41, 5.74) is 5.12. The van der Waals surface area contributed by atoms with Crippen LogP contribution in [0.4, 0.5) is 0 Å². The van der Waals surface area contributed by atoms with Gasteiger partial charge in [-0.3, -0.25) is 0 Å². The molecular weight excluding hydrogens is 423 g/mol. The van der Waals surface area contributed by atoms with E-state index in [1.165, 1.54) is 0 Å². The van der Waals surface area contributed by atoms with Crippen LogP contribution < -0.4 is 4.74 Å². The van der Waals surface area contributed by atoms with Gasteiger partial charge in [0.1, 0.15) is 11.5 Å². The van der Waals surface area contributed by atoms with Gasteiger partial charge in [-0.2, -0.15) is 0 Å². The van der Waals surface area contributed by atoms with Crippen molar-refractivity contribution >= 4 is 34.7 Å². The lowest BCUT2D eigenvalue weighted by Gasteiger charge is -2.13. The summed E-state index contributed by atoms with van der Waals surface area (Å²) in [5, 5.41) is 19.9. The first-order valence-electron chi connectivity index (χ1n) is 9.15. The zero-order valence-electron chi connectivity index (χ0n) is 16.3. The van der Waals surface area contributed by atoms with Crippen LogP contribution in [0.25, 0.3) is 16.7 Å². The molecule has 154 valence electrons. The van der Waals surface area contributed by atoms with Gasteiger partial charge in [0.25, 0.3) is 0 Å². The average Bonchev–Trinajstić information content (AvgIpc) is 2.70. The summed E-state index contributed by atoms with van der Waals surface area (Å²) in [6, 6.07) is 16.2. The van der Waals surface area contributed by atoms with Gasteiger partial charge in [-0.05, 0) is 59.5 Å². The van der Waals surface area contributed by atoms with E-state index in [2.05, 4.69) is 6.58 Å². The second-order valence-electron chi connectivity index (χ2n) is 6.94. The number of phenolic OH excluding ortho intramolecular Hbond substituents is 1. The molecule has 0 atom stereocenters. The number of carboxylic acid groups (broad SMARTS) is 1. The Morgan fingerprint density at radius 3 is 2.40 bits per heavy atom. The molecule has 0 saturated carbocycles. The average molecular weight is 443 g/mol. The number of phenols is 1. The Kier molecular flexibility index (Phi) is 6.70. The highest BCUT2D eigenvalue weighted by Crippen LogP contribution is 2.35. The first-order valence-corrected chi connectivity index (χ1v) is 9.91. The zero-order valence-corrected chi connectivity index (χ0v) is 17.8. The maximum atomic E-state index is 10.7. The first-order chi connectivity index (χ1) is 14.2. The highest BCUT2D eigenvalue weighted by atomic mass is 35.5. The number of hydrogen-bond donors (Lipinski definition) is 2. The lowest BCUT2D eigenvalue weighted by Crippen LogP contribution is -2.09. The van der Waals surface area contributed by atoms with Crippen LogP contribution in [-0.2, 0) is 11.2 Å². The van der Waals surface area contributed by atoms with Crippen molar-refractivity contribution < 1.29 is 19.7 Å². The Balaban J connectivity index is 1.91. The van der Waals surface area contributed by atoms with Gasteiger partial charge in [-0.15, -0.1) is 0 Å². The van der Waals surface area contributed by atoms with Gasteiger partial charge in [0.05, 0.1) is 0 Å². The van der Waals surface area contributed by atoms with Crippen LogP contribution in [0.5, 0.6) is 11.5 Å². The van der Waals surface area contributed by atoms with Gasteiger partial charge in [0, 0.05) is 22.0 Å². The van der Waals surface area contributed by atoms with E-state index in [1.54, 1.807) is 18.2 Å². The molecule has 0 aromatic heterocycles. The topological polar surface area (TPSA) is 66.8 Å². The van der Waals surface area contributed by atoms with E-state index in [9.17, 15) is 9.90 Å². The van der Waals surface area contributed by atoms with Crippen molar-refractivity contribution in [3.63, 3.8) is 0 Å². The molecule has 3 aromatic rings. The maximum Gasteiger partial charge on any atom is 0.341 e. The number of aromatic hydroxyl groups is 1. The van der Waals surface area contributed by atoms with E-state index in [1.807, 2.05) is 43.3 Å². The minimum absolute atomic E-state index is 0.173. The molecule has 6 heteroatoms. The molecule has 0 aliphatic carbocycles. The second-order valence-corrected chi connectivity index (χ2v) is 7.75. The van der Waals surface area contributed by atoms with Crippen LogP contribution >= 0.6 is 23.2 Å². The van der Waals surface area contributed by atoms with Crippen molar-refractivity contribution in [3.8, 4) is 22.6 Å². The van der Waals surface area contributed by atoms with Crippen molar-refractivity contribution in [2.45, 2.75) is 13.3 Å². The molecule has 0 unspecified atom stereocenters. The zero-order chi connectivity index (χ0) is 21.8. The van der Waals surface area contributed by atoms with E-state index in [0.29, 0.717) is 33.3 Å². The number of benzene rings is 3. The van der Waals surface area contributed by atoms with Crippen LogP contribution in [-0.4, -0.2) is 22.8 Å². The molecule has 0 saturated heterocycles. The van der Waals surface area contributed by atoms with E-state index < -0.39 is 12.6 Å². The molecule has 0 aliphatic heterocycles. The van der Waals surface area contributed by atoms with Crippen LogP contribution in [0.1, 0.15) is 23.6 Å². The smallest absolute Gasteiger partial charge is 0.341 e. The fraction of sp³-hybridized carbons (Fsp3) is 0.125. The number of aliphatic carboxylic acids is 1. The fourth-order valence-corrected chi connectivity index (χ4v) is 3.66. The highest BCUT2D eigenvalue weighted by molar-refractivity contribution is 6.36. The quantitative estimate of drug-likeness (QED) is 0.440. The Morgan fingerprint density at radius 2 is 1.77 bits per heavy atom. The van der Waals surface area contributed by atoms with Gasteiger partial charge in [-0.25, -0.2) is 4.79 Å². The molecule has 0 fully saturated rings. The molecule has 0 spiro atoms. The molecular formula is C24H20Cl2O4. The molecule has 0 heterocycles. The fourth-order valence-electron chi connectivity index (χ4n) is 3.06. The number of halogens is 2. The number of ether oxygens (including phenoxy) is 1. The third-order valence-corrected chi connectivity index (χ3v) is 5.26.